The van der Waals surface area contributed by atoms with Gasteiger partial charge in [0.1, 0.15) is 11.6 Å². The zero-order valence-corrected chi connectivity index (χ0v) is 8.65. The van der Waals surface area contributed by atoms with Crippen LogP contribution in [0.3, 0.4) is 0 Å². The summed E-state index contributed by atoms with van der Waals surface area (Å²) in [6.07, 6.45) is 2.31. The van der Waals surface area contributed by atoms with Crippen molar-refractivity contribution >= 4 is 17.4 Å². The lowest BCUT2D eigenvalue weighted by Gasteiger charge is -2.03. The average molecular weight is 231 g/mol. The minimum absolute atomic E-state index is 0.191. The standard InChI is InChI=1S/C11H9ClF2O/c12-8-5-9(13)7(4-10(8)14)11(15)3-6-1-2-6/h4-6H,1-3H2. The van der Waals surface area contributed by atoms with E-state index in [0.717, 1.165) is 25.0 Å². The largest absolute Gasteiger partial charge is 0.294 e. The van der Waals surface area contributed by atoms with E-state index in [9.17, 15) is 13.6 Å². The minimum atomic E-state index is -0.753. The maximum atomic E-state index is 13.3. The second-order valence-electron chi connectivity index (χ2n) is 3.82. The molecule has 80 valence electrons. The van der Waals surface area contributed by atoms with Crippen LogP contribution >= 0.6 is 11.6 Å². The Morgan fingerprint density at radius 3 is 2.60 bits per heavy atom. The molecule has 1 aliphatic rings. The van der Waals surface area contributed by atoms with Crippen LogP contribution in [0.5, 0.6) is 0 Å². The SMILES string of the molecule is O=C(CC1CC1)c1cc(F)c(Cl)cc1F. The number of benzene rings is 1. The molecule has 0 heterocycles. The van der Waals surface area contributed by atoms with E-state index in [1.807, 2.05) is 0 Å². The van der Waals surface area contributed by atoms with Crippen LogP contribution in [0.25, 0.3) is 0 Å². The Balaban J connectivity index is 2.25. The van der Waals surface area contributed by atoms with Gasteiger partial charge in [-0.25, -0.2) is 8.78 Å². The first-order valence-corrected chi connectivity index (χ1v) is 5.13. The van der Waals surface area contributed by atoms with Gasteiger partial charge in [0, 0.05) is 6.42 Å². The lowest BCUT2D eigenvalue weighted by atomic mass is 10.1. The van der Waals surface area contributed by atoms with Gasteiger partial charge in [-0.2, -0.15) is 0 Å². The normalized spacial score (nSPS) is 15.4. The van der Waals surface area contributed by atoms with Crippen molar-refractivity contribution in [2.24, 2.45) is 5.92 Å². The summed E-state index contributed by atoms with van der Waals surface area (Å²) < 4.78 is 26.3. The molecule has 1 aromatic rings. The summed E-state index contributed by atoms with van der Waals surface area (Å²) in [5.41, 5.74) is -0.191. The number of carbonyl (C=O) groups is 1. The highest BCUT2D eigenvalue weighted by molar-refractivity contribution is 6.30. The van der Waals surface area contributed by atoms with Gasteiger partial charge in [-0.3, -0.25) is 4.79 Å². The van der Waals surface area contributed by atoms with E-state index in [1.54, 1.807) is 0 Å². The molecular weight excluding hydrogens is 222 g/mol. The monoisotopic (exact) mass is 230 g/mol. The van der Waals surface area contributed by atoms with Gasteiger partial charge < -0.3 is 0 Å². The number of hydrogen-bond acceptors (Lipinski definition) is 1. The number of halogens is 3. The van der Waals surface area contributed by atoms with Crippen molar-refractivity contribution in [1.82, 2.24) is 0 Å². The third-order valence-corrected chi connectivity index (χ3v) is 2.77. The summed E-state index contributed by atoms with van der Waals surface area (Å²) in [7, 11) is 0. The quantitative estimate of drug-likeness (QED) is 0.573. The van der Waals surface area contributed by atoms with Gasteiger partial charge in [-0.15, -0.1) is 0 Å². The number of carbonyl (C=O) groups excluding carboxylic acids is 1. The Hall–Kier alpha value is -0.960. The zero-order chi connectivity index (χ0) is 11.0. The molecule has 1 nitrogen and oxygen atoms in total. The van der Waals surface area contributed by atoms with Crippen molar-refractivity contribution in [3.63, 3.8) is 0 Å². The van der Waals surface area contributed by atoms with Gasteiger partial charge in [0.15, 0.2) is 5.78 Å². The lowest BCUT2D eigenvalue weighted by Crippen LogP contribution is -2.04. The molecule has 1 saturated carbocycles. The fraction of sp³-hybridized carbons (Fsp3) is 0.364. The van der Waals surface area contributed by atoms with Crippen LogP contribution in [0.4, 0.5) is 8.78 Å². The Morgan fingerprint density at radius 2 is 2.00 bits per heavy atom. The zero-order valence-electron chi connectivity index (χ0n) is 7.90. The van der Waals surface area contributed by atoms with Crippen LogP contribution in [-0.2, 0) is 0 Å². The van der Waals surface area contributed by atoms with Crippen molar-refractivity contribution in [2.75, 3.05) is 0 Å². The van der Waals surface area contributed by atoms with E-state index < -0.39 is 11.6 Å². The predicted octanol–water partition coefficient (Wildman–Crippen LogP) is 3.60. The second kappa shape index (κ2) is 3.89. The molecule has 0 spiro atoms. The molecule has 0 N–H and O–H groups in total. The molecule has 15 heavy (non-hydrogen) atoms. The fourth-order valence-electron chi connectivity index (χ4n) is 1.43. The van der Waals surface area contributed by atoms with Crippen LogP contribution in [0, 0.1) is 17.6 Å². The molecule has 0 radical (unpaired) electrons. The van der Waals surface area contributed by atoms with Gasteiger partial charge >= 0.3 is 0 Å². The first kappa shape index (κ1) is 10.6. The average Bonchev–Trinajstić information content (AvgIpc) is 2.95. The van der Waals surface area contributed by atoms with E-state index in [-0.39, 0.29) is 16.4 Å². The van der Waals surface area contributed by atoms with E-state index in [0.29, 0.717) is 12.3 Å². The number of Topliss-reactive ketones (excluding diaryl/α,β-unsaturated/α-hetero) is 1. The van der Waals surface area contributed by atoms with Crippen molar-refractivity contribution in [3.05, 3.63) is 34.4 Å². The molecule has 1 fully saturated rings. The van der Waals surface area contributed by atoms with Crippen LogP contribution < -0.4 is 0 Å². The van der Waals surface area contributed by atoms with Crippen molar-refractivity contribution < 1.29 is 13.6 Å². The Bertz CT molecular complexity index is 413. The molecule has 0 unspecified atom stereocenters. The van der Waals surface area contributed by atoms with Gasteiger partial charge in [-0.05, 0) is 30.9 Å². The van der Waals surface area contributed by atoms with E-state index in [4.69, 9.17) is 11.6 Å². The third-order valence-electron chi connectivity index (χ3n) is 2.48. The molecule has 2 rings (SSSR count). The Morgan fingerprint density at radius 1 is 1.33 bits per heavy atom. The lowest BCUT2D eigenvalue weighted by molar-refractivity contribution is 0.0971. The van der Waals surface area contributed by atoms with Gasteiger partial charge in [-0.1, -0.05) is 11.6 Å². The van der Waals surface area contributed by atoms with Gasteiger partial charge in [0.2, 0.25) is 0 Å². The van der Waals surface area contributed by atoms with Crippen molar-refractivity contribution in [2.45, 2.75) is 19.3 Å². The highest BCUT2D eigenvalue weighted by atomic mass is 35.5. The highest BCUT2D eigenvalue weighted by Crippen LogP contribution is 2.34. The summed E-state index contributed by atoms with van der Waals surface area (Å²) >= 11 is 5.38. The predicted molar refractivity (Wildman–Crippen MR) is 53.0 cm³/mol. The van der Waals surface area contributed by atoms with Gasteiger partial charge in [0.05, 0.1) is 10.6 Å². The molecule has 0 amide bonds. The first-order valence-electron chi connectivity index (χ1n) is 4.75. The van der Waals surface area contributed by atoms with Crippen molar-refractivity contribution in [1.29, 1.82) is 0 Å². The second-order valence-corrected chi connectivity index (χ2v) is 4.22. The molecule has 4 heteroatoms. The Kier molecular flexibility index (Phi) is 2.74. The van der Waals surface area contributed by atoms with Crippen LogP contribution in [0.15, 0.2) is 12.1 Å². The molecule has 0 saturated heterocycles. The van der Waals surface area contributed by atoms with Crippen LogP contribution in [-0.4, -0.2) is 5.78 Å². The molecule has 1 aromatic carbocycles. The molecule has 0 bridgehead atoms. The summed E-state index contributed by atoms with van der Waals surface area (Å²) in [6.45, 7) is 0. The fourth-order valence-corrected chi connectivity index (χ4v) is 1.58. The Labute approximate surface area is 91.0 Å². The number of hydrogen-bond donors (Lipinski definition) is 0. The highest BCUT2D eigenvalue weighted by Gasteiger charge is 2.26. The molecule has 0 atom stereocenters. The summed E-state index contributed by atoms with van der Waals surface area (Å²) in [5.74, 6) is -1.48. The molecular formula is C11H9ClF2O. The smallest absolute Gasteiger partial charge is 0.166 e. The van der Waals surface area contributed by atoms with Crippen LogP contribution in [0.1, 0.15) is 29.6 Å². The topological polar surface area (TPSA) is 17.1 Å². The minimum Gasteiger partial charge on any atom is -0.294 e. The number of rotatable bonds is 3. The van der Waals surface area contributed by atoms with E-state index in [1.165, 1.54) is 0 Å². The maximum Gasteiger partial charge on any atom is 0.166 e. The summed E-state index contributed by atoms with van der Waals surface area (Å²) in [4.78, 5) is 11.5. The molecule has 0 aromatic heterocycles. The summed E-state index contributed by atoms with van der Waals surface area (Å²) in [6, 6.07) is 1.72. The van der Waals surface area contributed by atoms with Crippen molar-refractivity contribution in [3.8, 4) is 0 Å². The first-order chi connectivity index (χ1) is 7.08. The number of ketones is 1. The molecule has 0 aliphatic heterocycles. The third kappa shape index (κ3) is 2.34. The maximum absolute atomic E-state index is 13.3. The van der Waals surface area contributed by atoms with E-state index >= 15 is 0 Å². The summed E-state index contributed by atoms with van der Waals surface area (Å²) in [5, 5.41) is -0.296. The molecule has 1 aliphatic carbocycles. The van der Waals surface area contributed by atoms with Crippen LogP contribution in [0.2, 0.25) is 5.02 Å². The van der Waals surface area contributed by atoms with E-state index in [2.05, 4.69) is 0 Å². The van der Waals surface area contributed by atoms with Gasteiger partial charge in [0.25, 0.3) is 0 Å².